The minimum Gasteiger partial charge on any atom is -0.284 e. The fourth-order valence-electron chi connectivity index (χ4n) is 4.22. The van der Waals surface area contributed by atoms with Gasteiger partial charge in [-0.1, -0.05) is 143 Å². The first-order valence-electron chi connectivity index (χ1n) is 13.9. The monoisotopic (exact) mass is 470 g/mol. The van der Waals surface area contributed by atoms with E-state index in [0.29, 0.717) is 0 Å². The predicted octanol–water partition coefficient (Wildman–Crippen LogP) is 8.90. The van der Waals surface area contributed by atoms with Crippen LogP contribution in [-0.2, 0) is 20.4 Å². The molecule has 3 nitrogen and oxygen atoms in total. The molecule has 0 aromatic carbocycles. The van der Waals surface area contributed by atoms with Gasteiger partial charge in [0.15, 0.2) is 10.8 Å². The molecule has 0 N–H and O–H groups in total. The fourth-order valence-corrected chi connectivity index (χ4v) is 5.39. The molecule has 0 aromatic heterocycles. The molecule has 0 radical (unpaired) electrons. The Morgan fingerprint density at radius 1 is 0.500 bits per heavy atom. The van der Waals surface area contributed by atoms with Gasteiger partial charge in [-0.05, 0) is 12.8 Å². The average Bonchev–Trinajstić information content (AvgIpc) is 2.80. The molecule has 0 amide bonds. The second-order valence-corrected chi connectivity index (χ2v) is 11.3. The summed E-state index contributed by atoms with van der Waals surface area (Å²) in [5.41, 5.74) is 0. The van der Waals surface area contributed by atoms with Gasteiger partial charge in [0.1, 0.15) is 0 Å². The maximum absolute atomic E-state index is 12.5. The summed E-state index contributed by atoms with van der Waals surface area (Å²) in [7, 11) is -1.97. The van der Waals surface area contributed by atoms with Gasteiger partial charge in [-0.25, -0.2) is 4.21 Å². The molecule has 0 saturated carbocycles. The molecular weight excluding hydrogens is 416 g/mol. The lowest BCUT2D eigenvalue weighted by Gasteiger charge is -2.12. The van der Waals surface area contributed by atoms with Crippen molar-refractivity contribution in [1.82, 2.24) is 0 Å². The molecule has 0 saturated heterocycles. The summed E-state index contributed by atoms with van der Waals surface area (Å²) in [6.07, 6.45) is 23.9. The third-order valence-electron chi connectivity index (χ3n) is 6.65. The molecule has 190 valence electrons. The first kappa shape index (κ1) is 31.5. The highest BCUT2D eigenvalue weighted by Crippen LogP contribution is 2.19. The zero-order valence-electron chi connectivity index (χ0n) is 21.9. The zero-order chi connectivity index (χ0) is 24.0. The van der Waals surface area contributed by atoms with Gasteiger partial charge in [-0.2, -0.15) is 0 Å². The van der Waals surface area contributed by atoms with Crippen LogP contribution in [0.15, 0.2) is 0 Å². The molecule has 0 fully saturated rings. The topological polar surface area (TPSA) is 51.2 Å². The lowest BCUT2D eigenvalue weighted by atomic mass is 10.0. The molecule has 2 atom stereocenters. The van der Waals surface area contributed by atoms with Gasteiger partial charge in [0.25, 0.3) is 0 Å². The van der Waals surface area contributed by atoms with E-state index in [1.807, 2.05) is 13.8 Å². The summed E-state index contributed by atoms with van der Waals surface area (Å²) in [5.74, 6) is -0.548. The van der Waals surface area contributed by atoms with Crippen molar-refractivity contribution < 1.29 is 13.8 Å². The van der Waals surface area contributed by atoms with E-state index in [0.717, 1.165) is 38.5 Å². The van der Waals surface area contributed by atoms with Gasteiger partial charge in [0.2, 0.25) is 10.2 Å². The van der Waals surface area contributed by atoms with Crippen molar-refractivity contribution in [3.05, 3.63) is 0 Å². The summed E-state index contributed by atoms with van der Waals surface area (Å²) in [4.78, 5) is 24.9. The Bertz CT molecular complexity index is 447. The second-order valence-electron chi connectivity index (χ2n) is 9.94. The Kier molecular flexibility index (Phi) is 21.9. The van der Waals surface area contributed by atoms with E-state index >= 15 is 0 Å². The Hall–Kier alpha value is -0.510. The van der Waals surface area contributed by atoms with Crippen LogP contribution < -0.4 is 0 Å². The highest BCUT2D eigenvalue weighted by molar-refractivity contribution is 8.13. The molecule has 0 aliphatic rings. The smallest absolute Gasteiger partial charge is 0.229 e. The molecule has 2 unspecified atom stereocenters. The van der Waals surface area contributed by atoms with Crippen LogP contribution in [0, 0.1) is 11.8 Å². The standard InChI is InChI=1S/C28H54O3S/c1-5-7-9-11-13-15-17-19-21-23-25(3)27(29)32(31)28(30)26(4)24-22-20-18-16-14-12-10-8-6-2/h25-26H,5-24H2,1-4H3. The second kappa shape index (κ2) is 22.3. The normalized spacial score (nSPS) is 14.2. The molecule has 0 aromatic rings. The number of rotatable bonds is 22. The molecule has 0 bridgehead atoms. The lowest BCUT2D eigenvalue weighted by molar-refractivity contribution is -0.117. The first-order valence-corrected chi connectivity index (χ1v) is 15.1. The minimum atomic E-state index is -1.97. The molecule has 0 rings (SSSR count). The fraction of sp³-hybridized carbons (Fsp3) is 0.929. The van der Waals surface area contributed by atoms with E-state index < -0.39 is 10.8 Å². The number of carbonyl (C=O) groups is 2. The molecule has 32 heavy (non-hydrogen) atoms. The van der Waals surface area contributed by atoms with Gasteiger partial charge in [-0.3, -0.25) is 9.59 Å². The molecule has 0 aliphatic carbocycles. The Morgan fingerprint density at radius 2 is 0.750 bits per heavy atom. The van der Waals surface area contributed by atoms with Gasteiger partial charge in [0.05, 0.1) is 0 Å². The minimum absolute atomic E-state index is 0.274. The Labute approximate surface area is 202 Å². The van der Waals surface area contributed by atoms with Crippen LogP contribution in [0.4, 0.5) is 0 Å². The number of hydrogen-bond acceptors (Lipinski definition) is 3. The predicted molar refractivity (Wildman–Crippen MR) is 140 cm³/mol. The maximum Gasteiger partial charge on any atom is 0.229 e. The van der Waals surface area contributed by atoms with Crippen LogP contribution in [-0.4, -0.2) is 14.4 Å². The van der Waals surface area contributed by atoms with E-state index in [9.17, 15) is 13.8 Å². The molecule has 0 spiro atoms. The molecule has 0 heterocycles. The van der Waals surface area contributed by atoms with Crippen molar-refractivity contribution in [2.24, 2.45) is 11.8 Å². The van der Waals surface area contributed by atoms with Crippen LogP contribution in [0.25, 0.3) is 0 Å². The highest BCUT2D eigenvalue weighted by Gasteiger charge is 2.28. The molecule has 4 heteroatoms. The lowest BCUT2D eigenvalue weighted by Crippen LogP contribution is -2.27. The van der Waals surface area contributed by atoms with Gasteiger partial charge < -0.3 is 0 Å². The highest BCUT2D eigenvalue weighted by atomic mass is 32.2. The first-order chi connectivity index (χ1) is 15.5. The van der Waals surface area contributed by atoms with E-state index in [-0.39, 0.29) is 22.1 Å². The Morgan fingerprint density at radius 3 is 1.03 bits per heavy atom. The third kappa shape index (κ3) is 17.0. The molecule has 0 aliphatic heterocycles. The SMILES string of the molecule is CCCCCCCCCCCC(C)C(=O)S(=O)C(=O)C(C)CCCCCCCCCCC. The van der Waals surface area contributed by atoms with Crippen molar-refractivity contribution in [2.45, 2.75) is 156 Å². The van der Waals surface area contributed by atoms with E-state index in [2.05, 4.69) is 13.8 Å². The summed E-state index contributed by atoms with van der Waals surface area (Å²) in [6, 6.07) is 0. The Balaban J connectivity index is 3.86. The van der Waals surface area contributed by atoms with Crippen LogP contribution in [0.2, 0.25) is 0 Å². The van der Waals surface area contributed by atoms with Crippen LogP contribution >= 0.6 is 0 Å². The van der Waals surface area contributed by atoms with E-state index in [4.69, 9.17) is 0 Å². The van der Waals surface area contributed by atoms with Crippen molar-refractivity contribution in [3.8, 4) is 0 Å². The van der Waals surface area contributed by atoms with Crippen molar-refractivity contribution >= 4 is 21.0 Å². The van der Waals surface area contributed by atoms with Gasteiger partial charge in [0, 0.05) is 11.8 Å². The average molecular weight is 471 g/mol. The van der Waals surface area contributed by atoms with E-state index in [1.165, 1.54) is 89.9 Å². The van der Waals surface area contributed by atoms with Crippen molar-refractivity contribution in [2.75, 3.05) is 0 Å². The maximum atomic E-state index is 12.5. The number of carbonyl (C=O) groups excluding carboxylic acids is 2. The summed E-state index contributed by atoms with van der Waals surface area (Å²) < 4.78 is 12.5. The third-order valence-corrected chi connectivity index (χ3v) is 8.19. The summed E-state index contributed by atoms with van der Waals surface area (Å²) in [5, 5.41) is -0.706. The largest absolute Gasteiger partial charge is 0.284 e. The number of unbranched alkanes of at least 4 members (excludes halogenated alkanes) is 16. The zero-order valence-corrected chi connectivity index (χ0v) is 22.7. The number of hydrogen-bond donors (Lipinski definition) is 0. The summed E-state index contributed by atoms with van der Waals surface area (Å²) >= 11 is 0. The van der Waals surface area contributed by atoms with Gasteiger partial charge >= 0.3 is 0 Å². The van der Waals surface area contributed by atoms with Crippen LogP contribution in [0.3, 0.4) is 0 Å². The molecular formula is C28H54O3S. The van der Waals surface area contributed by atoms with E-state index in [1.54, 1.807) is 0 Å². The van der Waals surface area contributed by atoms with Gasteiger partial charge in [-0.15, -0.1) is 0 Å². The van der Waals surface area contributed by atoms with Crippen LogP contribution in [0.1, 0.15) is 156 Å². The summed E-state index contributed by atoms with van der Waals surface area (Å²) in [6.45, 7) is 8.15. The van der Waals surface area contributed by atoms with Crippen LogP contribution in [0.5, 0.6) is 0 Å². The van der Waals surface area contributed by atoms with Crippen molar-refractivity contribution in [1.29, 1.82) is 0 Å². The quantitative estimate of drug-likeness (QED) is 0.148. The van der Waals surface area contributed by atoms with Crippen molar-refractivity contribution in [3.63, 3.8) is 0 Å².